The first-order valence-electron chi connectivity index (χ1n) is 5.61. The van der Waals surface area contributed by atoms with E-state index in [-0.39, 0.29) is 11.4 Å². The Hall–Kier alpha value is -2.44. The molecule has 0 amide bonds. The Morgan fingerprint density at radius 1 is 1.26 bits per heavy atom. The molecular weight excluding hydrogens is 246 g/mol. The molecule has 0 N–H and O–H groups in total. The third-order valence-electron chi connectivity index (χ3n) is 2.04. The fraction of sp³-hybridized carbons (Fsp3) is 0.333. The van der Waals surface area contributed by atoms with Crippen LogP contribution in [-0.4, -0.2) is 54.2 Å². The van der Waals surface area contributed by atoms with E-state index in [4.69, 9.17) is 0 Å². The van der Waals surface area contributed by atoms with E-state index in [0.717, 1.165) is 0 Å². The van der Waals surface area contributed by atoms with Crippen molar-refractivity contribution in [2.24, 2.45) is 4.99 Å². The van der Waals surface area contributed by atoms with Crippen molar-refractivity contribution >= 4 is 23.9 Å². The fourth-order valence-electron chi connectivity index (χ4n) is 1.20. The Kier molecular flexibility index (Phi) is 4.99. The highest BCUT2D eigenvalue weighted by Gasteiger charge is 2.13. The lowest BCUT2D eigenvalue weighted by Crippen LogP contribution is -2.07. The van der Waals surface area contributed by atoms with Gasteiger partial charge in [-0.2, -0.15) is 0 Å². The van der Waals surface area contributed by atoms with E-state index >= 15 is 0 Å². The van der Waals surface area contributed by atoms with Crippen LogP contribution in [0.15, 0.2) is 23.3 Å². The van der Waals surface area contributed by atoms with Crippen molar-refractivity contribution in [3.8, 4) is 0 Å². The van der Waals surface area contributed by atoms with Crippen LogP contribution in [0.4, 0.5) is 11.5 Å². The second kappa shape index (κ2) is 6.48. The molecule has 0 aliphatic heterocycles. The Balaban J connectivity index is 3.14. The van der Waals surface area contributed by atoms with E-state index in [9.17, 15) is 10.1 Å². The zero-order valence-electron chi connectivity index (χ0n) is 11.4. The van der Waals surface area contributed by atoms with Gasteiger partial charge in [0.2, 0.25) is 0 Å². The first kappa shape index (κ1) is 14.6. The summed E-state index contributed by atoms with van der Waals surface area (Å²) in [5, 5.41) is 10.9. The maximum atomic E-state index is 10.9. The molecule has 0 bridgehead atoms. The smallest absolute Gasteiger partial charge is 0.295 e. The maximum absolute atomic E-state index is 10.9. The van der Waals surface area contributed by atoms with Crippen LogP contribution >= 0.6 is 0 Å². The lowest BCUT2D eigenvalue weighted by Gasteiger charge is -2.04. The summed E-state index contributed by atoms with van der Waals surface area (Å²) < 4.78 is 0. The van der Waals surface area contributed by atoms with Gasteiger partial charge in [0, 0.05) is 40.5 Å². The molecule has 0 unspecified atom stereocenters. The van der Waals surface area contributed by atoms with Crippen LogP contribution in [-0.2, 0) is 0 Å². The highest BCUT2D eigenvalue weighted by atomic mass is 16.6. The molecule has 0 aliphatic carbocycles. The molecule has 0 radical (unpaired) electrons. The fourth-order valence-corrected chi connectivity index (χ4v) is 1.20. The third-order valence-corrected chi connectivity index (χ3v) is 2.04. The van der Waals surface area contributed by atoms with Crippen molar-refractivity contribution in [1.29, 1.82) is 0 Å². The number of nitro groups is 1. The van der Waals surface area contributed by atoms with E-state index in [1.807, 2.05) is 28.2 Å². The Bertz CT molecular complexity index is 509. The van der Waals surface area contributed by atoms with Gasteiger partial charge in [-0.3, -0.25) is 10.1 Å². The first-order valence-corrected chi connectivity index (χ1v) is 5.61. The molecule has 1 aromatic rings. The normalized spacial score (nSPS) is 11.2. The van der Waals surface area contributed by atoms with E-state index in [1.165, 1.54) is 12.1 Å². The third kappa shape index (κ3) is 4.74. The van der Waals surface area contributed by atoms with Crippen LogP contribution in [0.1, 0.15) is 5.69 Å². The first-order chi connectivity index (χ1) is 8.90. The molecule has 19 heavy (non-hydrogen) atoms. The van der Waals surface area contributed by atoms with Crippen LogP contribution in [0.3, 0.4) is 0 Å². The van der Waals surface area contributed by atoms with Gasteiger partial charge >= 0.3 is 0 Å². The lowest BCUT2D eigenvalue weighted by molar-refractivity contribution is -0.385. The average Bonchev–Trinajstić information content (AvgIpc) is 2.33. The number of aliphatic imine (C=N–C) groups is 1. The van der Waals surface area contributed by atoms with Crippen molar-refractivity contribution in [1.82, 2.24) is 14.8 Å². The molecule has 0 saturated heterocycles. The van der Waals surface area contributed by atoms with Crippen molar-refractivity contribution < 1.29 is 4.92 Å². The summed E-state index contributed by atoms with van der Waals surface area (Å²) in [7, 11) is 7.33. The molecule has 0 aromatic carbocycles. The van der Waals surface area contributed by atoms with Crippen molar-refractivity contribution in [3.05, 3.63) is 34.1 Å². The predicted octanol–water partition coefficient (Wildman–Crippen LogP) is 1.74. The minimum absolute atomic E-state index is 0.0399. The van der Waals surface area contributed by atoms with E-state index in [1.54, 1.807) is 28.4 Å². The number of hydrogen-bond acceptors (Lipinski definition) is 5. The Morgan fingerprint density at radius 3 is 2.47 bits per heavy atom. The average molecular weight is 263 g/mol. The quantitative estimate of drug-likeness (QED) is 0.350. The summed E-state index contributed by atoms with van der Waals surface area (Å²) in [6.45, 7) is 0. The zero-order valence-corrected chi connectivity index (χ0v) is 11.4. The summed E-state index contributed by atoms with van der Waals surface area (Å²) in [6.07, 6.45) is 4.88. The van der Waals surface area contributed by atoms with Gasteiger partial charge in [-0.25, -0.2) is 9.98 Å². The molecule has 0 aliphatic rings. The number of pyridine rings is 1. The molecule has 1 heterocycles. The van der Waals surface area contributed by atoms with Crippen LogP contribution < -0.4 is 0 Å². The van der Waals surface area contributed by atoms with Crippen molar-refractivity contribution in [3.63, 3.8) is 0 Å². The molecule has 1 rings (SSSR count). The Morgan fingerprint density at radius 2 is 1.95 bits per heavy atom. The van der Waals surface area contributed by atoms with E-state index in [0.29, 0.717) is 5.82 Å². The molecule has 7 nitrogen and oxygen atoms in total. The molecule has 1 aromatic heterocycles. The van der Waals surface area contributed by atoms with Gasteiger partial charge in [0.25, 0.3) is 5.69 Å². The van der Waals surface area contributed by atoms with Gasteiger partial charge in [-0.1, -0.05) is 0 Å². The lowest BCUT2D eigenvalue weighted by atomic mass is 10.3. The largest absolute Gasteiger partial charge is 0.383 e. The second-order valence-corrected chi connectivity index (χ2v) is 4.32. The molecule has 0 spiro atoms. The molecule has 102 valence electrons. The van der Waals surface area contributed by atoms with Crippen LogP contribution in [0.25, 0.3) is 6.08 Å². The summed E-state index contributed by atoms with van der Waals surface area (Å²) >= 11 is 0. The molecule has 0 fully saturated rings. The van der Waals surface area contributed by atoms with Gasteiger partial charge in [0.05, 0.1) is 11.3 Å². The summed E-state index contributed by atoms with van der Waals surface area (Å²) in [5.41, 5.74) is 0.244. The predicted molar refractivity (Wildman–Crippen MR) is 75.5 cm³/mol. The molecular formula is C12H17N5O2. The van der Waals surface area contributed by atoms with Gasteiger partial charge < -0.3 is 9.80 Å². The van der Waals surface area contributed by atoms with Gasteiger partial charge in [-0.05, 0) is 12.1 Å². The topological polar surface area (TPSA) is 74.9 Å². The second-order valence-electron chi connectivity index (χ2n) is 4.32. The number of hydrogen-bond donors (Lipinski definition) is 0. The highest BCUT2D eigenvalue weighted by Crippen LogP contribution is 2.21. The van der Waals surface area contributed by atoms with Gasteiger partial charge in [0.15, 0.2) is 5.82 Å². The summed E-state index contributed by atoms with van der Waals surface area (Å²) in [4.78, 5) is 22.3. The molecule has 0 atom stereocenters. The van der Waals surface area contributed by atoms with Crippen molar-refractivity contribution in [2.75, 3.05) is 28.2 Å². The monoisotopic (exact) mass is 263 g/mol. The van der Waals surface area contributed by atoms with Gasteiger partial charge in [-0.15, -0.1) is 0 Å². The van der Waals surface area contributed by atoms with Gasteiger partial charge in [0.1, 0.15) is 5.69 Å². The standard InChI is InChI=1S/C12H17N5O2/c1-15(2)8-7-10-11(17(18)19)5-6-12(14-10)13-9-16(3)4/h5-9H,1-4H3/b8-7+,13-9?. The van der Waals surface area contributed by atoms with E-state index < -0.39 is 4.92 Å². The van der Waals surface area contributed by atoms with Crippen LogP contribution in [0, 0.1) is 10.1 Å². The van der Waals surface area contributed by atoms with Crippen LogP contribution in [0.2, 0.25) is 0 Å². The van der Waals surface area contributed by atoms with E-state index in [2.05, 4.69) is 9.98 Å². The molecule has 0 saturated carbocycles. The maximum Gasteiger partial charge on any atom is 0.295 e. The minimum Gasteiger partial charge on any atom is -0.383 e. The Labute approximate surface area is 112 Å². The SMILES string of the molecule is CN(C)C=Nc1ccc([N+](=O)[O-])c(/C=C/N(C)C)n1. The minimum atomic E-state index is -0.457. The van der Waals surface area contributed by atoms with Crippen LogP contribution in [0.5, 0.6) is 0 Å². The summed E-state index contributed by atoms with van der Waals surface area (Å²) in [6, 6.07) is 2.93. The number of aromatic nitrogens is 1. The number of nitrogens with zero attached hydrogens (tertiary/aromatic N) is 5. The highest BCUT2D eigenvalue weighted by molar-refractivity contribution is 5.63. The molecule has 7 heteroatoms. The zero-order chi connectivity index (χ0) is 14.4. The summed E-state index contributed by atoms with van der Waals surface area (Å²) in [5.74, 6) is 0.428. The van der Waals surface area contributed by atoms with Crippen molar-refractivity contribution in [2.45, 2.75) is 0 Å². The number of rotatable bonds is 5.